The second-order valence-electron chi connectivity index (χ2n) is 10.6. The van der Waals surface area contributed by atoms with Crippen molar-refractivity contribution in [1.29, 1.82) is 5.41 Å². The van der Waals surface area contributed by atoms with E-state index in [0.717, 1.165) is 50.9 Å². The van der Waals surface area contributed by atoms with Crippen LogP contribution in [-0.2, 0) is 17.8 Å². The van der Waals surface area contributed by atoms with Crippen molar-refractivity contribution in [1.82, 2.24) is 10.6 Å². The summed E-state index contributed by atoms with van der Waals surface area (Å²) >= 11 is 0. The predicted molar refractivity (Wildman–Crippen MR) is 164 cm³/mol. The van der Waals surface area contributed by atoms with Gasteiger partial charge >= 0.3 is 0 Å². The Kier molecular flexibility index (Phi) is 15.0. The molecule has 0 spiro atoms. The third-order valence-corrected chi connectivity index (χ3v) is 6.50. The van der Waals surface area contributed by atoms with Crippen LogP contribution in [0, 0.1) is 11.3 Å². The van der Waals surface area contributed by atoms with E-state index in [1.54, 1.807) is 19.1 Å². The van der Waals surface area contributed by atoms with E-state index >= 15 is 0 Å². The number of benzene rings is 2. The van der Waals surface area contributed by atoms with Crippen LogP contribution < -0.4 is 16.0 Å². The maximum absolute atomic E-state index is 11.2. The largest absolute Gasteiger partial charge is 0.508 e. The number of unbranched alkanes of at least 4 members (excludes halogenated alkanes) is 1. The Morgan fingerprint density at radius 1 is 1.05 bits per heavy atom. The summed E-state index contributed by atoms with van der Waals surface area (Å²) in [5.41, 5.74) is 4.24. The van der Waals surface area contributed by atoms with Gasteiger partial charge in [-0.15, -0.1) is 0 Å². The first-order valence-corrected chi connectivity index (χ1v) is 14.0. The van der Waals surface area contributed by atoms with Crippen molar-refractivity contribution in [2.75, 3.05) is 12.4 Å². The van der Waals surface area contributed by atoms with Crippen molar-refractivity contribution in [3.8, 4) is 11.5 Å². The molecule has 2 aromatic carbocycles. The minimum absolute atomic E-state index is 0.0443. The lowest BCUT2D eigenvalue weighted by Crippen LogP contribution is -2.47. The molecule has 1 aliphatic rings. The van der Waals surface area contributed by atoms with Gasteiger partial charge in [-0.2, -0.15) is 0 Å². The Morgan fingerprint density at radius 3 is 1.97 bits per heavy atom. The Morgan fingerprint density at radius 2 is 1.62 bits per heavy atom. The van der Waals surface area contributed by atoms with E-state index in [1.165, 1.54) is 29.0 Å². The van der Waals surface area contributed by atoms with Crippen molar-refractivity contribution in [2.24, 2.45) is 5.92 Å². The van der Waals surface area contributed by atoms with Gasteiger partial charge in [0.1, 0.15) is 23.1 Å². The van der Waals surface area contributed by atoms with Crippen LogP contribution in [-0.4, -0.2) is 34.8 Å². The quantitative estimate of drug-likeness (QED) is 0.164. The van der Waals surface area contributed by atoms with E-state index in [-0.39, 0.29) is 22.8 Å². The van der Waals surface area contributed by atoms with Crippen LogP contribution in [0.2, 0.25) is 0 Å². The molecular formula is C32H50N4O3. The Bertz CT molecular complexity index is 1040. The molecule has 39 heavy (non-hydrogen) atoms. The van der Waals surface area contributed by atoms with Gasteiger partial charge in [0.2, 0.25) is 0 Å². The highest BCUT2D eigenvalue weighted by atomic mass is 16.3. The van der Waals surface area contributed by atoms with Crippen LogP contribution in [0.5, 0.6) is 11.5 Å². The molecule has 216 valence electrons. The second kappa shape index (κ2) is 17.3. The van der Waals surface area contributed by atoms with Gasteiger partial charge in [0.15, 0.2) is 0 Å². The maximum atomic E-state index is 11.2. The summed E-state index contributed by atoms with van der Waals surface area (Å²) in [6.07, 6.45) is 7.57. The number of carbonyl (C=O) groups is 1. The van der Waals surface area contributed by atoms with Crippen molar-refractivity contribution >= 4 is 17.7 Å². The molecule has 6 N–H and O–H groups in total. The maximum Gasteiger partial charge on any atom is 0.149 e. The number of carbonyl (C=O) groups excluding carboxylic acids is 1. The third kappa shape index (κ3) is 13.3. The molecule has 2 aromatic rings. The highest BCUT2D eigenvalue weighted by Crippen LogP contribution is 2.32. The van der Waals surface area contributed by atoms with Gasteiger partial charge in [0.25, 0.3) is 0 Å². The first-order chi connectivity index (χ1) is 18.5. The fourth-order valence-electron chi connectivity index (χ4n) is 3.85. The number of hydrogen-bond donors (Lipinski definition) is 6. The van der Waals surface area contributed by atoms with E-state index in [2.05, 4.69) is 67.9 Å². The van der Waals surface area contributed by atoms with Gasteiger partial charge in [0, 0.05) is 30.4 Å². The molecule has 0 bridgehead atoms. The van der Waals surface area contributed by atoms with Crippen molar-refractivity contribution in [3.05, 3.63) is 65.0 Å². The second-order valence-corrected chi connectivity index (χ2v) is 10.6. The van der Waals surface area contributed by atoms with Crippen LogP contribution in [0.15, 0.2) is 53.9 Å². The monoisotopic (exact) mass is 538 g/mol. The summed E-state index contributed by atoms with van der Waals surface area (Å²) in [5.74, 6) is 1.82. The highest BCUT2D eigenvalue weighted by molar-refractivity contribution is 5.85. The lowest BCUT2D eigenvalue weighted by molar-refractivity contribution is -0.123. The SMILES string of the molecule is CCCC=N.CCc1ccc(CNC(Nc2cc(O)cc(O)c2)=C2CC2)cc1.CNC(C)(CC(C)C)C(C)=O. The Hall–Kier alpha value is -3.32. The number of aryl methyl sites for hydroxylation is 1. The third-order valence-electron chi connectivity index (χ3n) is 6.50. The van der Waals surface area contributed by atoms with Crippen LogP contribution >= 0.6 is 0 Å². The topological polar surface area (TPSA) is 117 Å². The number of aromatic hydroxyl groups is 2. The van der Waals surface area contributed by atoms with Crippen LogP contribution in [0.1, 0.15) is 84.8 Å². The Balaban J connectivity index is 0.000000397. The fourth-order valence-corrected chi connectivity index (χ4v) is 3.85. The molecule has 0 aromatic heterocycles. The molecule has 0 heterocycles. The molecule has 0 aliphatic heterocycles. The van der Waals surface area contributed by atoms with Gasteiger partial charge in [-0.25, -0.2) is 0 Å². The van der Waals surface area contributed by atoms with Crippen molar-refractivity contribution < 1.29 is 15.0 Å². The molecule has 1 fully saturated rings. The van der Waals surface area contributed by atoms with E-state index < -0.39 is 0 Å². The number of allylic oxidation sites excluding steroid dienone is 1. The molecule has 7 nitrogen and oxygen atoms in total. The van der Waals surface area contributed by atoms with E-state index in [9.17, 15) is 15.0 Å². The summed E-state index contributed by atoms with van der Waals surface area (Å²) in [7, 11) is 1.84. The zero-order valence-electron chi connectivity index (χ0n) is 24.9. The molecule has 1 unspecified atom stereocenters. The molecule has 0 saturated heterocycles. The summed E-state index contributed by atoms with van der Waals surface area (Å²) in [6, 6.07) is 13.1. The van der Waals surface area contributed by atoms with Gasteiger partial charge in [-0.1, -0.05) is 58.4 Å². The summed E-state index contributed by atoms with van der Waals surface area (Å²) in [5, 5.41) is 35.4. The summed E-state index contributed by atoms with van der Waals surface area (Å²) in [6.45, 7) is 12.8. The molecule has 7 heteroatoms. The average molecular weight is 539 g/mol. The number of nitrogens with one attached hydrogen (secondary N) is 4. The van der Waals surface area contributed by atoms with Gasteiger partial charge in [0.05, 0.1) is 5.54 Å². The molecule has 0 amide bonds. The van der Waals surface area contributed by atoms with Crippen molar-refractivity contribution in [2.45, 2.75) is 92.2 Å². The van der Waals surface area contributed by atoms with Crippen LogP contribution in [0.3, 0.4) is 0 Å². The van der Waals surface area contributed by atoms with E-state index in [0.29, 0.717) is 11.6 Å². The zero-order chi connectivity index (χ0) is 29.4. The van der Waals surface area contributed by atoms with Crippen LogP contribution in [0.25, 0.3) is 0 Å². The summed E-state index contributed by atoms with van der Waals surface area (Å²) < 4.78 is 0. The number of hydrogen-bond acceptors (Lipinski definition) is 7. The smallest absolute Gasteiger partial charge is 0.149 e. The van der Waals surface area contributed by atoms with Gasteiger partial charge < -0.3 is 31.6 Å². The van der Waals surface area contributed by atoms with Crippen molar-refractivity contribution in [3.63, 3.8) is 0 Å². The fraction of sp³-hybridized carbons (Fsp3) is 0.500. The minimum atomic E-state index is -0.325. The number of ketones is 1. The first-order valence-electron chi connectivity index (χ1n) is 14.0. The number of rotatable bonds is 12. The van der Waals surface area contributed by atoms with E-state index in [1.807, 2.05) is 14.0 Å². The average Bonchev–Trinajstić information content (AvgIpc) is 3.72. The lowest BCUT2D eigenvalue weighted by Gasteiger charge is -2.27. The molecule has 0 radical (unpaired) electrons. The van der Waals surface area contributed by atoms with E-state index in [4.69, 9.17) is 5.41 Å². The zero-order valence-corrected chi connectivity index (χ0v) is 24.9. The summed E-state index contributed by atoms with van der Waals surface area (Å²) in [4.78, 5) is 11.2. The normalized spacial score (nSPS) is 13.2. The molecule has 1 saturated carbocycles. The predicted octanol–water partition coefficient (Wildman–Crippen LogP) is 6.90. The molecular weight excluding hydrogens is 488 g/mol. The number of likely N-dealkylation sites (N-methyl/N-ethyl adjacent to an activating group) is 1. The number of Topliss-reactive ketones (excluding diaryl/α,β-unsaturated/α-hetero) is 1. The van der Waals surface area contributed by atoms with Gasteiger partial charge in [-0.3, -0.25) is 4.79 Å². The first kappa shape index (κ1) is 33.7. The Labute approximate surface area is 235 Å². The molecule has 1 atom stereocenters. The number of phenolic OH excluding ortho intramolecular Hbond substituents is 2. The van der Waals surface area contributed by atoms with Gasteiger partial charge in [-0.05, 0) is 81.8 Å². The highest BCUT2D eigenvalue weighted by Gasteiger charge is 2.28. The lowest BCUT2D eigenvalue weighted by atomic mass is 9.88. The number of phenols is 2. The van der Waals surface area contributed by atoms with Crippen LogP contribution in [0.4, 0.5) is 5.69 Å². The standard InChI is InChI=1S/C19H22N2O2.C9H19NO.C4H9N/c1-2-13-3-5-14(6-4-13)12-20-19(15-7-8-15)21-16-9-17(22)11-18(23)10-16;1-7(2)6-9(4,10-5)8(3)11;1-2-3-4-5/h3-6,9-11,20-23H,2,7-8,12H2,1H3;7,10H,6H2,1-5H3;4-5H,2-3H2,1H3. The minimum Gasteiger partial charge on any atom is -0.508 e. The molecule has 1 aliphatic carbocycles. The molecule has 3 rings (SSSR count). The number of anilines is 1.